The van der Waals surface area contributed by atoms with Gasteiger partial charge in [-0.15, -0.1) is 0 Å². The van der Waals surface area contributed by atoms with Crippen molar-refractivity contribution in [3.05, 3.63) is 60.2 Å². The van der Waals surface area contributed by atoms with Gasteiger partial charge in [0.2, 0.25) is 5.91 Å². The van der Waals surface area contributed by atoms with Gasteiger partial charge < -0.3 is 10.1 Å². The summed E-state index contributed by atoms with van der Waals surface area (Å²) in [7, 11) is 1.21. The Morgan fingerprint density at radius 1 is 1.03 bits per heavy atom. The van der Waals surface area contributed by atoms with E-state index in [4.69, 9.17) is 0 Å². The molecule has 1 aliphatic heterocycles. The zero-order valence-electron chi connectivity index (χ0n) is 16.3. The number of ether oxygens (including phenoxy) is 1. The molecule has 1 aliphatic rings. The maximum atomic E-state index is 14.0. The highest BCUT2D eigenvalue weighted by molar-refractivity contribution is 5.96. The quantitative estimate of drug-likeness (QED) is 0.757. The summed E-state index contributed by atoms with van der Waals surface area (Å²) in [6.45, 7) is 0.114. The smallest absolute Gasteiger partial charge is 0.411 e. The van der Waals surface area contributed by atoms with Crippen molar-refractivity contribution in [2.24, 2.45) is 5.41 Å². The van der Waals surface area contributed by atoms with Crippen LogP contribution in [0.3, 0.4) is 0 Å². The van der Waals surface area contributed by atoms with E-state index in [1.54, 1.807) is 4.90 Å². The number of rotatable bonds is 5. The van der Waals surface area contributed by atoms with Crippen LogP contribution in [0.1, 0.15) is 12.0 Å². The Morgan fingerprint density at radius 3 is 2.20 bits per heavy atom. The molecule has 0 aromatic heterocycles. The Labute approximate surface area is 172 Å². The number of carbonyl (C=O) groups is 2. The molecule has 0 spiro atoms. The maximum absolute atomic E-state index is 14.0. The highest BCUT2D eigenvalue weighted by Crippen LogP contribution is 2.46. The third kappa shape index (κ3) is 4.73. The van der Waals surface area contributed by atoms with Crippen molar-refractivity contribution in [3.63, 3.8) is 0 Å². The average molecular weight is 421 g/mol. The summed E-state index contributed by atoms with van der Waals surface area (Å²) >= 11 is 0. The number of hydrogen-bond donors (Lipinski definition) is 2. The van der Waals surface area contributed by atoms with E-state index >= 15 is 0 Å². The molecule has 2 amide bonds. The first-order valence-electron chi connectivity index (χ1n) is 9.33. The van der Waals surface area contributed by atoms with Crippen LogP contribution in [0.4, 0.5) is 29.3 Å². The highest BCUT2D eigenvalue weighted by atomic mass is 19.4. The third-order valence-electron chi connectivity index (χ3n) is 5.15. The third-order valence-corrected chi connectivity index (χ3v) is 5.15. The number of likely N-dealkylation sites (tertiary alicyclic amines) is 1. The average Bonchev–Trinajstić information content (AvgIpc) is 3.15. The van der Waals surface area contributed by atoms with Crippen LogP contribution < -0.4 is 10.6 Å². The molecule has 0 saturated carbocycles. The summed E-state index contributed by atoms with van der Waals surface area (Å²) in [5.41, 5.74) is -0.990. The van der Waals surface area contributed by atoms with E-state index in [2.05, 4.69) is 15.4 Å². The second-order valence-corrected chi connectivity index (χ2v) is 7.17. The molecule has 1 unspecified atom stereocenters. The fourth-order valence-electron chi connectivity index (χ4n) is 3.47. The number of halogens is 3. The van der Waals surface area contributed by atoms with Crippen LogP contribution in [0.5, 0.6) is 0 Å². The molecule has 1 fully saturated rings. The zero-order chi connectivity index (χ0) is 21.8. The SMILES string of the molecule is COC(=O)Nc1ccc(NC(=O)C2(C(F)(F)F)CCN(Cc3ccccc3)C2)cc1. The molecule has 1 atom stereocenters. The van der Waals surface area contributed by atoms with E-state index in [1.807, 2.05) is 30.3 Å². The van der Waals surface area contributed by atoms with Gasteiger partial charge in [0.1, 0.15) is 0 Å². The van der Waals surface area contributed by atoms with Crippen LogP contribution in [0.25, 0.3) is 0 Å². The summed E-state index contributed by atoms with van der Waals surface area (Å²) in [4.78, 5) is 25.6. The predicted molar refractivity (Wildman–Crippen MR) is 106 cm³/mol. The van der Waals surface area contributed by atoms with Gasteiger partial charge in [-0.3, -0.25) is 15.0 Å². The molecule has 2 aromatic carbocycles. The number of anilines is 2. The first-order valence-corrected chi connectivity index (χ1v) is 9.33. The molecule has 2 N–H and O–H groups in total. The van der Waals surface area contributed by atoms with Gasteiger partial charge >= 0.3 is 12.3 Å². The van der Waals surface area contributed by atoms with Crippen molar-refractivity contribution >= 4 is 23.4 Å². The lowest BCUT2D eigenvalue weighted by molar-refractivity contribution is -0.215. The van der Waals surface area contributed by atoms with E-state index in [1.165, 1.54) is 31.4 Å². The lowest BCUT2D eigenvalue weighted by Gasteiger charge is -2.30. The monoisotopic (exact) mass is 421 g/mol. The van der Waals surface area contributed by atoms with Crippen molar-refractivity contribution in [3.8, 4) is 0 Å². The fraction of sp³-hybridized carbons (Fsp3) is 0.333. The number of hydrogen-bond acceptors (Lipinski definition) is 4. The Bertz CT molecular complexity index is 888. The van der Waals surface area contributed by atoms with Crippen LogP contribution >= 0.6 is 0 Å². The van der Waals surface area contributed by atoms with Gasteiger partial charge in [-0.05, 0) is 42.8 Å². The lowest BCUT2D eigenvalue weighted by Crippen LogP contribution is -2.49. The van der Waals surface area contributed by atoms with Gasteiger partial charge in [0.15, 0.2) is 5.41 Å². The maximum Gasteiger partial charge on any atom is 0.411 e. The van der Waals surface area contributed by atoms with Crippen molar-refractivity contribution in [2.75, 3.05) is 30.8 Å². The molecule has 160 valence electrons. The first kappa shape index (κ1) is 21.6. The Kier molecular flexibility index (Phi) is 6.31. The molecular formula is C21H22F3N3O3. The van der Waals surface area contributed by atoms with Crippen molar-refractivity contribution in [1.29, 1.82) is 0 Å². The van der Waals surface area contributed by atoms with Gasteiger partial charge in [-0.2, -0.15) is 13.2 Å². The number of methoxy groups -OCH3 is 1. The van der Waals surface area contributed by atoms with E-state index in [0.29, 0.717) is 12.2 Å². The Hall–Kier alpha value is -3.07. The van der Waals surface area contributed by atoms with Crippen molar-refractivity contribution in [1.82, 2.24) is 4.90 Å². The number of benzene rings is 2. The van der Waals surface area contributed by atoms with Crippen LogP contribution in [0.15, 0.2) is 54.6 Å². The summed E-state index contributed by atoms with van der Waals surface area (Å²) in [6.07, 6.45) is -5.67. The van der Waals surface area contributed by atoms with Crippen molar-refractivity contribution < 1.29 is 27.5 Å². The summed E-state index contributed by atoms with van der Waals surface area (Å²) in [5.74, 6) is -1.08. The topological polar surface area (TPSA) is 70.7 Å². The van der Waals surface area contributed by atoms with E-state index in [9.17, 15) is 22.8 Å². The molecule has 6 nitrogen and oxygen atoms in total. The minimum absolute atomic E-state index is 0.170. The molecule has 0 bridgehead atoms. The molecule has 9 heteroatoms. The molecule has 30 heavy (non-hydrogen) atoms. The number of amides is 2. The first-order chi connectivity index (χ1) is 14.2. The minimum atomic E-state index is -4.69. The molecule has 1 heterocycles. The van der Waals surface area contributed by atoms with Crippen LogP contribution in [0, 0.1) is 5.41 Å². The summed E-state index contributed by atoms with van der Waals surface area (Å²) in [6, 6.07) is 14.9. The molecule has 3 rings (SSSR count). The Balaban J connectivity index is 1.71. The fourth-order valence-corrected chi connectivity index (χ4v) is 3.47. The van der Waals surface area contributed by atoms with E-state index in [-0.39, 0.29) is 18.7 Å². The Morgan fingerprint density at radius 2 is 1.63 bits per heavy atom. The predicted octanol–water partition coefficient (Wildman–Crippen LogP) is 4.26. The number of alkyl halides is 3. The lowest BCUT2D eigenvalue weighted by atomic mass is 9.85. The largest absolute Gasteiger partial charge is 0.453 e. The molecule has 0 radical (unpaired) electrons. The van der Waals surface area contributed by atoms with E-state index in [0.717, 1.165) is 5.56 Å². The molecule has 0 aliphatic carbocycles. The standard InChI is InChI=1S/C21H22F3N3O3/c1-30-19(29)26-17-9-7-16(8-10-17)25-18(28)20(21(22,23)24)11-12-27(14-20)13-15-5-3-2-4-6-15/h2-10H,11-14H2,1H3,(H,25,28)(H,26,29). The van der Waals surface area contributed by atoms with E-state index < -0.39 is 30.1 Å². The van der Waals surface area contributed by atoms with Gasteiger partial charge in [-0.1, -0.05) is 30.3 Å². The minimum Gasteiger partial charge on any atom is -0.453 e. The molecular weight excluding hydrogens is 399 g/mol. The zero-order valence-corrected chi connectivity index (χ0v) is 16.3. The summed E-state index contributed by atoms with van der Waals surface area (Å²) < 4.78 is 46.4. The second kappa shape index (κ2) is 8.74. The second-order valence-electron chi connectivity index (χ2n) is 7.17. The molecule has 2 aromatic rings. The van der Waals surface area contributed by atoms with Gasteiger partial charge in [0, 0.05) is 24.5 Å². The van der Waals surface area contributed by atoms with Gasteiger partial charge in [0.05, 0.1) is 7.11 Å². The van der Waals surface area contributed by atoms with Crippen molar-refractivity contribution in [2.45, 2.75) is 19.1 Å². The van der Waals surface area contributed by atoms with Gasteiger partial charge in [-0.25, -0.2) is 4.79 Å². The number of nitrogens with zero attached hydrogens (tertiary/aromatic N) is 1. The number of carbonyl (C=O) groups excluding carboxylic acids is 2. The van der Waals surface area contributed by atoms with Crippen LogP contribution in [-0.4, -0.2) is 43.3 Å². The van der Waals surface area contributed by atoms with Crippen LogP contribution in [0.2, 0.25) is 0 Å². The summed E-state index contributed by atoms with van der Waals surface area (Å²) in [5, 5.41) is 4.81. The van der Waals surface area contributed by atoms with Gasteiger partial charge in [0.25, 0.3) is 0 Å². The normalized spacial score (nSPS) is 19.3. The number of nitrogens with one attached hydrogen (secondary N) is 2. The molecule has 1 saturated heterocycles. The highest BCUT2D eigenvalue weighted by Gasteiger charge is 2.62. The van der Waals surface area contributed by atoms with Crippen LogP contribution in [-0.2, 0) is 16.1 Å².